The maximum atomic E-state index is 12.8. The van der Waals surface area contributed by atoms with E-state index in [9.17, 15) is 4.79 Å². The number of allylic oxidation sites excluding steroid dienone is 1. The number of hydrogen-bond acceptors (Lipinski definition) is 7. The summed E-state index contributed by atoms with van der Waals surface area (Å²) in [6.07, 6.45) is 0.749. The third kappa shape index (κ3) is 4.42. The number of benzene rings is 2. The third-order valence-corrected chi connectivity index (χ3v) is 5.09. The van der Waals surface area contributed by atoms with Gasteiger partial charge in [-0.3, -0.25) is 0 Å². The Morgan fingerprint density at radius 1 is 1.10 bits per heavy atom. The molecule has 2 aromatic carbocycles. The highest BCUT2D eigenvalue weighted by molar-refractivity contribution is 5.92. The molecule has 1 atom stereocenters. The van der Waals surface area contributed by atoms with E-state index in [0.29, 0.717) is 30.4 Å². The molecule has 0 radical (unpaired) electrons. The molecule has 0 amide bonds. The molecule has 0 bridgehead atoms. The summed E-state index contributed by atoms with van der Waals surface area (Å²) in [5, 5.41) is 14.9. The lowest BCUT2D eigenvalue weighted by Crippen LogP contribution is -2.29. The Morgan fingerprint density at radius 3 is 2.55 bits per heavy atom. The molecule has 0 saturated carbocycles. The average Bonchev–Trinajstić information content (AvgIpc) is 3.24. The molecule has 1 aromatic heterocycles. The number of aromatic nitrogens is 4. The van der Waals surface area contributed by atoms with Gasteiger partial charge in [-0.25, -0.2) is 4.79 Å². The lowest BCUT2D eigenvalue weighted by atomic mass is 9.96. The van der Waals surface area contributed by atoms with Gasteiger partial charge in [0.25, 0.3) is 0 Å². The first-order chi connectivity index (χ1) is 15.1. The number of esters is 1. The fraction of sp³-hybridized carbons (Fsp3) is 0.304. The molecule has 8 nitrogen and oxygen atoms in total. The third-order valence-electron chi connectivity index (χ3n) is 5.09. The number of ether oxygens (including phenoxy) is 2. The van der Waals surface area contributed by atoms with E-state index >= 15 is 0 Å². The molecule has 1 aliphatic heterocycles. The van der Waals surface area contributed by atoms with Crippen LogP contribution in [0.1, 0.15) is 43.0 Å². The zero-order valence-electron chi connectivity index (χ0n) is 17.8. The first kappa shape index (κ1) is 20.6. The minimum absolute atomic E-state index is 0.358. The smallest absolute Gasteiger partial charge is 0.338 e. The minimum atomic E-state index is -0.484. The number of carbonyl (C=O) groups is 1. The second kappa shape index (κ2) is 8.99. The van der Waals surface area contributed by atoms with Crippen LogP contribution in [0, 0.1) is 6.92 Å². The number of nitrogens with zero attached hydrogens (tertiary/aromatic N) is 4. The zero-order chi connectivity index (χ0) is 21.8. The number of tetrazole rings is 1. The SMILES string of the molecule is CCCOC(=O)C1=C(C)Nc2nnnn2C1c1ccc(OCc2ccc(C)cc2)cc1. The van der Waals surface area contributed by atoms with Crippen molar-refractivity contribution in [1.29, 1.82) is 0 Å². The van der Waals surface area contributed by atoms with Gasteiger partial charge < -0.3 is 14.8 Å². The van der Waals surface area contributed by atoms with Crippen LogP contribution in [-0.2, 0) is 16.1 Å². The van der Waals surface area contributed by atoms with E-state index in [1.807, 2.05) is 38.1 Å². The van der Waals surface area contributed by atoms with Gasteiger partial charge in [0.15, 0.2) is 0 Å². The first-order valence-corrected chi connectivity index (χ1v) is 10.3. The molecular formula is C23H25N5O3. The fourth-order valence-electron chi connectivity index (χ4n) is 3.45. The highest BCUT2D eigenvalue weighted by atomic mass is 16.5. The van der Waals surface area contributed by atoms with Gasteiger partial charge in [0.2, 0.25) is 5.95 Å². The predicted molar refractivity (Wildman–Crippen MR) is 115 cm³/mol. The molecule has 0 saturated heterocycles. The molecular weight excluding hydrogens is 394 g/mol. The van der Waals surface area contributed by atoms with Gasteiger partial charge in [0.1, 0.15) is 18.4 Å². The Labute approximate surface area is 180 Å². The molecule has 0 aliphatic carbocycles. The number of aryl methyl sites for hydroxylation is 1. The molecule has 8 heteroatoms. The molecule has 31 heavy (non-hydrogen) atoms. The van der Waals surface area contributed by atoms with E-state index in [2.05, 4.69) is 52.0 Å². The van der Waals surface area contributed by atoms with Crippen LogP contribution in [0.15, 0.2) is 59.8 Å². The van der Waals surface area contributed by atoms with Crippen molar-refractivity contribution >= 4 is 11.9 Å². The summed E-state index contributed by atoms with van der Waals surface area (Å²) < 4.78 is 12.9. The second-order valence-corrected chi connectivity index (χ2v) is 7.49. The average molecular weight is 419 g/mol. The van der Waals surface area contributed by atoms with Gasteiger partial charge in [-0.1, -0.05) is 54.0 Å². The molecule has 0 fully saturated rings. The van der Waals surface area contributed by atoms with Crippen LogP contribution < -0.4 is 10.1 Å². The normalized spacial score (nSPS) is 15.3. The van der Waals surface area contributed by atoms with Crippen molar-refractivity contribution < 1.29 is 14.3 Å². The lowest BCUT2D eigenvalue weighted by molar-refractivity contribution is -0.139. The molecule has 2 heterocycles. The van der Waals surface area contributed by atoms with E-state index in [1.165, 1.54) is 5.56 Å². The number of nitrogens with one attached hydrogen (secondary N) is 1. The minimum Gasteiger partial charge on any atom is -0.489 e. The van der Waals surface area contributed by atoms with E-state index < -0.39 is 6.04 Å². The summed E-state index contributed by atoms with van der Waals surface area (Å²) in [4.78, 5) is 12.8. The number of anilines is 1. The van der Waals surface area contributed by atoms with Gasteiger partial charge in [0, 0.05) is 5.70 Å². The van der Waals surface area contributed by atoms with Gasteiger partial charge in [-0.15, -0.1) is 0 Å². The van der Waals surface area contributed by atoms with Crippen LogP contribution in [0.4, 0.5) is 5.95 Å². The summed E-state index contributed by atoms with van der Waals surface area (Å²) in [6, 6.07) is 15.4. The lowest BCUT2D eigenvalue weighted by Gasteiger charge is -2.27. The summed E-state index contributed by atoms with van der Waals surface area (Å²) >= 11 is 0. The van der Waals surface area contributed by atoms with E-state index in [-0.39, 0.29) is 5.97 Å². The molecule has 3 aromatic rings. The Bertz CT molecular complexity index is 1090. The first-order valence-electron chi connectivity index (χ1n) is 10.3. The van der Waals surface area contributed by atoms with Gasteiger partial charge in [-0.05, 0) is 54.0 Å². The Hall–Kier alpha value is -3.68. The molecule has 1 aliphatic rings. The monoisotopic (exact) mass is 419 g/mol. The summed E-state index contributed by atoms with van der Waals surface area (Å²) in [7, 11) is 0. The molecule has 0 spiro atoms. The summed E-state index contributed by atoms with van der Waals surface area (Å²) in [5.41, 5.74) is 4.34. The van der Waals surface area contributed by atoms with Crippen molar-refractivity contribution in [2.24, 2.45) is 0 Å². The van der Waals surface area contributed by atoms with Crippen LogP contribution in [0.5, 0.6) is 5.75 Å². The van der Waals surface area contributed by atoms with Crippen LogP contribution in [0.2, 0.25) is 0 Å². The predicted octanol–water partition coefficient (Wildman–Crippen LogP) is 3.80. The van der Waals surface area contributed by atoms with Crippen molar-refractivity contribution in [3.05, 3.63) is 76.5 Å². The van der Waals surface area contributed by atoms with Crippen molar-refractivity contribution in [2.45, 2.75) is 39.8 Å². The van der Waals surface area contributed by atoms with Gasteiger partial charge >= 0.3 is 5.97 Å². The largest absolute Gasteiger partial charge is 0.489 e. The number of fused-ring (bicyclic) bond motifs is 1. The zero-order valence-corrected chi connectivity index (χ0v) is 17.8. The second-order valence-electron chi connectivity index (χ2n) is 7.49. The molecule has 4 rings (SSSR count). The number of carbonyl (C=O) groups excluding carboxylic acids is 1. The fourth-order valence-corrected chi connectivity index (χ4v) is 3.45. The van der Waals surface area contributed by atoms with Crippen molar-refractivity contribution in [3.63, 3.8) is 0 Å². The maximum absolute atomic E-state index is 12.8. The maximum Gasteiger partial charge on any atom is 0.338 e. The highest BCUT2D eigenvalue weighted by Crippen LogP contribution is 2.35. The van der Waals surface area contributed by atoms with Crippen molar-refractivity contribution in [1.82, 2.24) is 20.2 Å². The highest BCUT2D eigenvalue weighted by Gasteiger charge is 2.34. The van der Waals surface area contributed by atoms with Crippen LogP contribution in [-0.4, -0.2) is 32.8 Å². The number of hydrogen-bond donors (Lipinski definition) is 1. The Morgan fingerprint density at radius 2 is 1.84 bits per heavy atom. The Kier molecular flexibility index (Phi) is 5.97. The molecule has 160 valence electrons. The number of rotatable bonds is 7. The van der Waals surface area contributed by atoms with E-state index in [4.69, 9.17) is 9.47 Å². The molecule has 1 N–H and O–H groups in total. The Balaban J connectivity index is 1.57. The standard InChI is InChI=1S/C23H25N5O3/c1-4-13-30-22(29)20-16(3)24-23-25-26-27-28(23)21(20)18-9-11-19(12-10-18)31-14-17-7-5-15(2)6-8-17/h5-12,21H,4,13-14H2,1-3H3,(H,24,25,27). The van der Waals surface area contributed by atoms with Crippen LogP contribution in [0.25, 0.3) is 0 Å². The van der Waals surface area contributed by atoms with Crippen LogP contribution in [0.3, 0.4) is 0 Å². The summed E-state index contributed by atoms with van der Waals surface area (Å²) in [6.45, 7) is 6.68. The van der Waals surface area contributed by atoms with Crippen molar-refractivity contribution in [3.8, 4) is 5.75 Å². The summed E-state index contributed by atoms with van der Waals surface area (Å²) in [5.74, 6) is 0.845. The van der Waals surface area contributed by atoms with Crippen molar-refractivity contribution in [2.75, 3.05) is 11.9 Å². The van der Waals surface area contributed by atoms with Gasteiger partial charge in [-0.2, -0.15) is 4.68 Å². The molecule has 1 unspecified atom stereocenters. The topological polar surface area (TPSA) is 91.2 Å². The van der Waals surface area contributed by atoms with Crippen LogP contribution >= 0.6 is 0 Å². The van der Waals surface area contributed by atoms with Gasteiger partial charge in [0.05, 0.1) is 12.2 Å². The van der Waals surface area contributed by atoms with E-state index in [0.717, 1.165) is 23.3 Å². The quantitative estimate of drug-likeness (QED) is 0.583. The van der Waals surface area contributed by atoms with E-state index in [1.54, 1.807) is 4.68 Å².